The highest BCUT2D eigenvalue weighted by Crippen LogP contribution is 2.30. The van der Waals surface area contributed by atoms with Gasteiger partial charge in [-0.15, -0.1) is 0 Å². The lowest BCUT2D eigenvalue weighted by atomic mass is 10.0. The second-order valence-electron chi connectivity index (χ2n) is 6.67. The Morgan fingerprint density at radius 1 is 1.04 bits per heavy atom. The number of nitrogens with one attached hydrogen (secondary N) is 1. The zero-order chi connectivity index (χ0) is 19.5. The van der Waals surface area contributed by atoms with Crippen LogP contribution in [0.4, 0.5) is 0 Å². The Morgan fingerprint density at radius 3 is 2.50 bits per heavy atom. The van der Waals surface area contributed by atoms with Gasteiger partial charge in [-0.3, -0.25) is 9.78 Å². The van der Waals surface area contributed by atoms with Gasteiger partial charge in [-0.25, -0.2) is 0 Å². The molecule has 0 fully saturated rings. The quantitative estimate of drug-likeness (QED) is 0.480. The first kappa shape index (κ1) is 18.4. The van der Waals surface area contributed by atoms with Gasteiger partial charge in [-0.1, -0.05) is 54.6 Å². The highest BCUT2D eigenvalue weighted by atomic mass is 79.9. The van der Waals surface area contributed by atoms with Crippen LogP contribution in [0.15, 0.2) is 83.5 Å². The zero-order valence-electron chi connectivity index (χ0n) is 15.5. The van der Waals surface area contributed by atoms with Crippen molar-refractivity contribution in [2.75, 3.05) is 0 Å². The third-order valence-electron chi connectivity index (χ3n) is 4.88. The van der Waals surface area contributed by atoms with Crippen LogP contribution in [0.3, 0.4) is 0 Å². The molecule has 0 radical (unpaired) electrons. The minimum absolute atomic E-state index is 0.0594. The number of carbonyl (C=O) groups excluding carboxylic acids is 1. The molecule has 0 aliphatic rings. The average Bonchev–Trinajstić information content (AvgIpc) is 2.98. The first-order chi connectivity index (χ1) is 13.6. The fraction of sp³-hybridized carbons (Fsp3) is 0.130. The molecule has 5 heteroatoms. The van der Waals surface area contributed by atoms with E-state index in [1.54, 1.807) is 6.20 Å². The largest absolute Gasteiger partial charge is 0.342 e. The summed E-state index contributed by atoms with van der Waals surface area (Å²) in [5.74, 6) is -0.0594. The first-order valence-electron chi connectivity index (χ1n) is 9.13. The van der Waals surface area contributed by atoms with Crippen LogP contribution in [0.1, 0.15) is 23.0 Å². The number of benzene rings is 2. The molecule has 0 aliphatic carbocycles. The van der Waals surface area contributed by atoms with Crippen LogP contribution >= 0.6 is 15.9 Å². The number of hydrogen-bond acceptors (Lipinski definition) is 2. The molecule has 0 spiro atoms. The molecule has 28 heavy (non-hydrogen) atoms. The summed E-state index contributed by atoms with van der Waals surface area (Å²) in [5.41, 5.74) is 3.89. The third-order valence-corrected chi connectivity index (χ3v) is 5.88. The summed E-state index contributed by atoms with van der Waals surface area (Å²) >= 11 is 3.65. The normalized spacial score (nSPS) is 12.1. The van der Waals surface area contributed by atoms with E-state index in [0.29, 0.717) is 0 Å². The highest BCUT2D eigenvalue weighted by molar-refractivity contribution is 9.10. The molecular weight excluding hydrogens is 414 g/mol. The Hall–Kier alpha value is -2.92. The Kier molecular flexibility index (Phi) is 5.26. The molecule has 0 bridgehead atoms. The van der Waals surface area contributed by atoms with Crippen molar-refractivity contribution in [1.82, 2.24) is 14.9 Å². The average molecular weight is 434 g/mol. The molecule has 4 nitrogen and oxygen atoms in total. The number of para-hydroxylation sites is 1. The SMILES string of the molecule is Cc1c(Br)c2ccccc2n1CC(=O)NC(c1ccccc1)c1ccccn1. The number of amides is 1. The fourth-order valence-corrected chi connectivity index (χ4v) is 4.01. The Bertz CT molecular complexity index is 1070. The van der Waals surface area contributed by atoms with Gasteiger partial charge < -0.3 is 9.88 Å². The summed E-state index contributed by atoms with van der Waals surface area (Å²) in [6.07, 6.45) is 1.75. The summed E-state index contributed by atoms with van der Waals surface area (Å²) in [7, 11) is 0. The van der Waals surface area contributed by atoms with E-state index in [4.69, 9.17) is 0 Å². The van der Waals surface area contributed by atoms with E-state index in [1.807, 2.05) is 78.2 Å². The molecule has 4 rings (SSSR count). The summed E-state index contributed by atoms with van der Waals surface area (Å²) in [5, 5.41) is 4.27. The molecule has 0 saturated carbocycles. The van der Waals surface area contributed by atoms with Gasteiger partial charge in [0.1, 0.15) is 6.54 Å². The number of fused-ring (bicyclic) bond motifs is 1. The molecule has 0 saturated heterocycles. The number of hydrogen-bond donors (Lipinski definition) is 1. The van der Waals surface area contributed by atoms with E-state index in [2.05, 4.69) is 32.3 Å². The van der Waals surface area contributed by atoms with Crippen molar-refractivity contribution in [1.29, 1.82) is 0 Å². The van der Waals surface area contributed by atoms with E-state index < -0.39 is 0 Å². The van der Waals surface area contributed by atoms with Crippen LogP contribution in [0.5, 0.6) is 0 Å². The predicted molar refractivity (Wildman–Crippen MR) is 115 cm³/mol. The second kappa shape index (κ2) is 7.98. The van der Waals surface area contributed by atoms with Gasteiger partial charge in [-0.05, 0) is 46.6 Å². The topological polar surface area (TPSA) is 46.9 Å². The van der Waals surface area contributed by atoms with Crippen molar-refractivity contribution in [3.05, 3.63) is 100 Å². The predicted octanol–water partition coefficient (Wildman–Crippen LogP) is 5.01. The molecule has 2 aromatic heterocycles. The van der Waals surface area contributed by atoms with Crippen molar-refractivity contribution < 1.29 is 4.79 Å². The van der Waals surface area contributed by atoms with Crippen molar-refractivity contribution in [2.45, 2.75) is 19.5 Å². The highest BCUT2D eigenvalue weighted by Gasteiger charge is 2.20. The molecule has 4 aromatic rings. The van der Waals surface area contributed by atoms with Crippen LogP contribution in [-0.4, -0.2) is 15.5 Å². The van der Waals surface area contributed by atoms with Gasteiger partial charge in [0.15, 0.2) is 0 Å². The maximum absolute atomic E-state index is 13.0. The van der Waals surface area contributed by atoms with Crippen molar-refractivity contribution in [3.8, 4) is 0 Å². The fourth-order valence-electron chi connectivity index (χ4n) is 3.46. The van der Waals surface area contributed by atoms with Crippen LogP contribution in [0, 0.1) is 6.92 Å². The molecule has 140 valence electrons. The van der Waals surface area contributed by atoms with Gasteiger partial charge in [0.05, 0.1) is 11.7 Å². The Morgan fingerprint density at radius 2 is 1.75 bits per heavy atom. The summed E-state index contributed by atoms with van der Waals surface area (Å²) < 4.78 is 3.06. The number of rotatable bonds is 5. The number of carbonyl (C=O) groups is 1. The van der Waals surface area contributed by atoms with Crippen LogP contribution < -0.4 is 5.32 Å². The maximum Gasteiger partial charge on any atom is 0.240 e. The smallest absolute Gasteiger partial charge is 0.240 e. The summed E-state index contributed by atoms with van der Waals surface area (Å²) in [4.78, 5) is 17.5. The molecule has 2 heterocycles. The number of halogens is 1. The molecule has 1 atom stereocenters. The molecule has 0 aliphatic heterocycles. The minimum Gasteiger partial charge on any atom is -0.342 e. The summed E-state index contributed by atoms with van der Waals surface area (Å²) in [6.45, 7) is 2.26. The maximum atomic E-state index is 13.0. The van der Waals surface area contributed by atoms with E-state index >= 15 is 0 Å². The lowest BCUT2D eigenvalue weighted by Crippen LogP contribution is -2.32. The Labute approximate surface area is 172 Å². The van der Waals surface area contributed by atoms with Crippen molar-refractivity contribution in [3.63, 3.8) is 0 Å². The minimum atomic E-state index is -0.291. The van der Waals surface area contributed by atoms with Crippen molar-refractivity contribution in [2.24, 2.45) is 0 Å². The van der Waals surface area contributed by atoms with Crippen LogP contribution in [0.25, 0.3) is 10.9 Å². The first-order valence-corrected chi connectivity index (χ1v) is 9.93. The molecule has 1 unspecified atom stereocenters. The lowest BCUT2D eigenvalue weighted by molar-refractivity contribution is -0.122. The standard InChI is InChI=1S/C23H20BrN3O/c1-16-22(24)18-11-5-6-13-20(18)27(16)15-21(28)26-23(17-9-3-2-4-10-17)19-12-7-8-14-25-19/h2-14,23H,15H2,1H3,(H,26,28). The second-order valence-corrected chi connectivity index (χ2v) is 7.46. The number of nitrogens with zero attached hydrogens (tertiary/aromatic N) is 2. The van der Waals surface area contributed by atoms with E-state index in [0.717, 1.165) is 32.3 Å². The Balaban J connectivity index is 1.64. The van der Waals surface area contributed by atoms with E-state index in [9.17, 15) is 4.79 Å². The molecule has 2 aromatic carbocycles. The molecule has 1 amide bonds. The van der Waals surface area contributed by atoms with E-state index in [-0.39, 0.29) is 18.5 Å². The number of aromatic nitrogens is 2. The van der Waals surface area contributed by atoms with Gasteiger partial charge in [0, 0.05) is 27.3 Å². The molecular formula is C23H20BrN3O. The zero-order valence-corrected chi connectivity index (χ0v) is 17.1. The van der Waals surface area contributed by atoms with Gasteiger partial charge >= 0.3 is 0 Å². The lowest BCUT2D eigenvalue weighted by Gasteiger charge is -2.19. The van der Waals surface area contributed by atoms with E-state index in [1.165, 1.54) is 0 Å². The van der Waals surface area contributed by atoms with Crippen LogP contribution in [-0.2, 0) is 11.3 Å². The van der Waals surface area contributed by atoms with Crippen LogP contribution in [0.2, 0.25) is 0 Å². The van der Waals surface area contributed by atoms with Gasteiger partial charge in [0.25, 0.3) is 0 Å². The van der Waals surface area contributed by atoms with Gasteiger partial charge in [0.2, 0.25) is 5.91 Å². The third kappa shape index (κ3) is 3.58. The summed E-state index contributed by atoms with van der Waals surface area (Å²) in [6, 6.07) is 23.5. The van der Waals surface area contributed by atoms with Gasteiger partial charge in [-0.2, -0.15) is 0 Å². The monoisotopic (exact) mass is 433 g/mol. The number of pyridine rings is 1. The molecule has 1 N–H and O–H groups in total. The van der Waals surface area contributed by atoms with Crippen molar-refractivity contribution >= 4 is 32.7 Å².